The van der Waals surface area contributed by atoms with Crippen molar-refractivity contribution in [1.29, 1.82) is 0 Å². The zero-order valence-electron chi connectivity index (χ0n) is 11.5. The molecule has 2 aromatic heterocycles. The molecule has 0 fully saturated rings. The number of hydrogen-bond acceptors (Lipinski definition) is 4. The van der Waals surface area contributed by atoms with Gasteiger partial charge in [0.2, 0.25) is 0 Å². The summed E-state index contributed by atoms with van der Waals surface area (Å²) in [6.45, 7) is 0.200. The molecule has 5 nitrogen and oxygen atoms in total. The van der Waals surface area contributed by atoms with Crippen LogP contribution >= 0.6 is 0 Å². The van der Waals surface area contributed by atoms with E-state index in [1.807, 2.05) is 24.3 Å². The van der Waals surface area contributed by atoms with Gasteiger partial charge in [-0.15, -0.1) is 6.42 Å². The predicted octanol–water partition coefficient (Wildman–Crippen LogP) is 2.65. The normalized spacial score (nSPS) is 10.3. The molecule has 0 radical (unpaired) electrons. The van der Waals surface area contributed by atoms with E-state index in [2.05, 4.69) is 20.9 Å². The van der Waals surface area contributed by atoms with Crippen LogP contribution in [0.4, 0.5) is 0 Å². The van der Waals surface area contributed by atoms with E-state index in [4.69, 9.17) is 15.9 Å². The van der Waals surface area contributed by atoms with Crippen LogP contribution in [-0.4, -0.2) is 28.7 Å². The largest absolute Gasteiger partial charge is 0.493 e. The summed E-state index contributed by atoms with van der Waals surface area (Å²) in [6.07, 6.45) is 8.65. The molecule has 1 N–H and O–H groups in total. The maximum Gasteiger partial charge on any atom is 0.162 e. The van der Waals surface area contributed by atoms with Crippen LogP contribution in [0.3, 0.4) is 0 Å². The van der Waals surface area contributed by atoms with Gasteiger partial charge in [0.25, 0.3) is 0 Å². The van der Waals surface area contributed by atoms with Gasteiger partial charge in [0.05, 0.1) is 24.3 Å². The summed E-state index contributed by atoms with van der Waals surface area (Å²) in [4.78, 5) is 11.8. The first-order valence-electron chi connectivity index (χ1n) is 6.36. The number of methoxy groups -OCH3 is 1. The van der Waals surface area contributed by atoms with Crippen molar-refractivity contribution in [3.05, 3.63) is 36.7 Å². The molecule has 21 heavy (non-hydrogen) atoms. The Morgan fingerprint density at radius 3 is 2.95 bits per heavy atom. The fraction of sp³-hybridized carbons (Fsp3) is 0.125. The van der Waals surface area contributed by atoms with Gasteiger partial charge < -0.3 is 14.5 Å². The van der Waals surface area contributed by atoms with Gasteiger partial charge in [-0.3, -0.25) is 4.98 Å². The molecule has 104 valence electrons. The number of imidazole rings is 1. The number of rotatable bonds is 4. The molecule has 2 heterocycles. The number of aromatic amines is 1. The summed E-state index contributed by atoms with van der Waals surface area (Å²) >= 11 is 0. The van der Waals surface area contributed by atoms with Gasteiger partial charge in [-0.05, 0) is 24.3 Å². The second-order valence-corrected chi connectivity index (χ2v) is 4.34. The molecule has 3 rings (SSSR count). The number of ether oxygens (including phenoxy) is 2. The molecule has 3 aromatic rings. The Hall–Kier alpha value is -3.00. The molecular weight excluding hydrogens is 266 g/mol. The minimum Gasteiger partial charge on any atom is -0.493 e. The van der Waals surface area contributed by atoms with Crippen molar-refractivity contribution >= 4 is 11.0 Å². The highest BCUT2D eigenvalue weighted by Gasteiger charge is 2.10. The molecule has 1 aromatic carbocycles. The maximum absolute atomic E-state index is 5.43. The summed E-state index contributed by atoms with van der Waals surface area (Å²) in [6, 6.07) is 7.43. The first-order valence-corrected chi connectivity index (χ1v) is 6.36. The smallest absolute Gasteiger partial charge is 0.162 e. The molecular formula is C16H13N3O2. The number of nitrogens with one attached hydrogen (secondary N) is 1. The molecule has 0 aliphatic heterocycles. The molecule has 0 aliphatic carbocycles. The first-order chi connectivity index (χ1) is 10.3. The first kappa shape index (κ1) is 13.0. The van der Waals surface area contributed by atoms with Crippen LogP contribution in [-0.2, 0) is 0 Å². The lowest BCUT2D eigenvalue weighted by atomic mass is 10.2. The van der Waals surface area contributed by atoms with Gasteiger partial charge >= 0.3 is 0 Å². The molecule has 0 unspecified atom stereocenters. The van der Waals surface area contributed by atoms with E-state index < -0.39 is 0 Å². The second-order valence-electron chi connectivity index (χ2n) is 4.34. The quantitative estimate of drug-likeness (QED) is 0.746. The Balaban J connectivity index is 2.00. The van der Waals surface area contributed by atoms with E-state index in [0.29, 0.717) is 11.5 Å². The van der Waals surface area contributed by atoms with E-state index in [-0.39, 0.29) is 6.61 Å². The van der Waals surface area contributed by atoms with Gasteiger partial charge in [-0.1, -0.05) is 5.92 Å². The Kier molecular flexibility index (Phi) is 3.44. The minimum absolute atomic E-state index is 0.200. The third kappa shape index (κ3) is 2.51. The van der Waals surface area contributed by atoms with Crippen molar-refractivity contribution in [3.63, 3.8) is 0 Å². The number of H-pyrrole nitrogens is 1. The molecule has 0 atom stereocenters. The van der Waals surface area contributed by atoms with Crippen molar-refractivity contribution < 1.29 is 9.47 Å². The third-order valence-corrected chi connectivity index (χ3v) is 3.03. The highest BCUT2D eigenvalue weighted by Crippen LogP contribution is 2.32. The van der Waals surface area contributed by atoms with E-state index in [0.717, 1.165) is 22.4 Å². The minimum atomic E-state index is 0.200. The molecule has 0 saturated carbocycles. The van der Waals surface area contributed by atoms with Crippen LogP contribution in [0.15, 0.2) is 36.7 Å². The Morgan fingerprint density at radius 2 is 2.19 bits per heavy atom. The summed E-state index contributed by atoms with van der Waals surface area (Å²) in [5, 5.41) is 0. The Labute approximate surface area is 122 Å². The van der Waals surface area contributed by atoms with Crippen molar-refractivity contribution in [3.8, 4) is 35.2 Å². The topological polar surface area (TPSA) is 60.0 Å². The Bertz CT molecular complexity index is 785. The average Bonchev–Trinajstić information content (AvgIpc) is 2.96. The maximum atomic E-state index is 5.43. The fourth-order valence-electron chi connectivity index (χ4n) is 2.05. The molecule has 5 heteroatoms. The van der Waals surface area contributed by atoms with Gasteiger partial charge in [0, 0.05) is 11.8 Å². The van der Waals surface area contributed by atoms with Gasteiger partial charge in [-0.25, -0.2) is 4.98 Å². The van der Waals surface area contributed by atoms with E-state index in [9.17, 15) is 0 Å². The zero-order chi connectivity index (χ0) is 14.7. The lowest BCUT2D eigenvalue weighted by molar-refractivity contribution is 0.331. The lowest BCUT2D eigenvalue weighted by Gasteiger charge is -2.09. The van der Waals surface area contributed by atoms with E-state index in [1.54, 1.807) is 19.5 Å². The van der Waals surface area contributed by atoms with Gasteiger partial charge in [0.15, 0.2) is 11.5 Å². The average molecular weight is 279 g/mol. The second kappa shape index (κ2) is 5.55. The number of terminal acetylenes is 1. The predicted molar refractivity (Wildman–Crippen MR) is 80.2 cm³/mol. The number of pyridine rings is 1. The summed E-state index contributed by atoms with van der Waals surface area (Å²) in [5.74, 6) is 4.40. The Morgan fingerprint density at radius 1 is 1.29 bits per heavy atom. The zero-order valence-corrected chi connectivity index (χ0v) is 11.5. The van der Waals surface area contributed by atoms with Gasteiger partial charge in [0.1, 0.15) is 12.4 Å². The van der Waals surface area contributed by atoms with Crippen LogP contribution in [0.5, 0.6) is 11.5 Å². The van der Waals surface area contributed by atoms with Crippen molar-refractivity contribution in [1.82, 2.24) is 15.0 Å². The number of hydrogen-bond donors (Lipinski definition) is 1. The summed E-state index contributed by atoms with van der Waals surface area (Å²) < 4.78 is 10.8. The number of nitrogens with zero attached hydrogens (tertiary/aromatic N) is 2. The molecule has 0 bridgehead atoms. The van der Waals surface area contributed by atoms with Crippen LogP contribution < -0.4 is 9.47 Å². The summed E-state index contributed by atoms with van der Waals surface area (Å²) in [7, 11) is 1.59. The lowest BCUT2D eigenvalue weighted by Crippen LogP contribution is -1.97. The summed E-state index contributed by atoms with van der Waals surface area (Å²) in [5.41, 5.74) is 2.65. The molecule has 0 saturated heterocycles. The van der Waals surface area contributed by atoms with Crippen LogP contribution in [0, 0.1) is 12.3 Å². The molecule has 0 spiro atoms. The molecule has 0 aliphatic rings. The number of benzene rings is 1. The SMILES string of the molecule is C#CCOc1ccc(-c2nc3ccncc3[nH]2)cc1OC. The van der Waals surface area contributed by atoms with E-state index in [1.165, 1.54) is 0 Å². The highest BCUT2D eigenvalue weighted by atomic mass is 16.5. The van der Waals surface area contributed by atoms with Crippen molar-refractivity contribution in [2.45, 2.75) is 0 Å². The van der Waals surface area contributed by atoms with Crippen molar-refractivity contribution in [2.24, 2.45) is 0 Å². The monoisotopic (exact) mass is 279 g/mol. The standard InChI is InChI=1S/C16H13N3O2/c1-3-8-21-14-5-4-11(9-15(14)20-2)16-18-12-6-7-17-10-13(12)19-16/h1,4-7,9-10H,8H2,2H3,(H,18,19). The van der Waals surface area contributed by atoms with Crippen molar-refractivity contribution in [2.75, 3.05) is 13.7 Å². The van der Waals surface area contributed by atoms with Crippen LogP contribution in [0.2, 0.25) is 0 Å². The fourth-order valence-corrected chi connectivity index (χ4v) is 2.05. The molecule has 0 amide bonds. The van der Waals surface area contributed by atoms with Crippen LogP contribution in [0.25, 0.3) is 22.4 Å². The van der Waals surface area contributed by atoms with Crippen LogP contribution in [0.1, 0.15) is 0 Å². The van der Waals surface area contributed by atoms with E-state index >= 15 is 0 Å². The van der Waals surface area contributed by atoms with Gasteiger partial charge in [-0.2, -0.15) is 0 Å². The highest BCUT2D eigenvalue weighted by molar-refractivity contribution is 5.78. The number of aromatic nitrogens is 3. The number of fused-ring (bicyclic) bond motifs is 1. The third-order valence-electron chi connectivity index (χ3n) is 3.03.